The van der Waals surface area contributed by atoms with Crippen molar-refractivity contribution in [3.05, 3.63) is 66.1 Å². The quantitative estimate of drug-likeness (QED) is 0.752. The monoisotopic (exact) mass is 332 g/mol. The molecule has 4 rings (SSSR count). The van der Waals surface area contributed by atoms with Gasteiger partial charge in [-0.1, -0.05) is 24.3 Å². The van der Waals surface area contributed by atoms with Crippen LogP contribution in [-0.2, 0) is 0 Å². The highest BCUT2D eigenvalue weighted by Gasteiger charge is 2.34. The van der Waals surface area contributed by atoms with Gasteiger partial charge in [0.2, 0.25) is 0 Å². The normalized spacial score (nSPS) is 14.9. The Bertz CT molecular complexity index is 906. The average Bonchev–Trinajstić information content (AvgIpc) is 3.45. The Labute approximate surface area is 146 Å². The third-order valence-corrected chi connectivity index (χ3v) is 4.48. The van der Waals surface area contributed by atoms with Gasteiger partial charge in [0, 0.05) is 17.3 Å². The predicted octanol–water partition coefficient (Wildman–Crippen LogP) is 4.21. The Morgan fingerprint density at radius 1 is 1.16 bits per heavy atom. The Balaban J connectivity index is 1.56. The number of benzene rings is 1. The molecule has 1 unspecified atom stereocenters. The van der Waals surface area contributed by atoms with Crippen LogP contribution in [-0.4, -0.2) is 16.0 Å². The number of carbonyl (C=O) groups is 1. The van der Waals surface area contributed by atoms with E-state index in [2.05, 4.69) is 20.6 Å². The number of para-hydroxylation sites is 1. The molecule has 0 bridgehead atoms. The van der Waals surface area contributed by atoms with Crippen LogP contribution in [0.4, 0.5) is 10.5 Å². The molecule has 2 N–H and O–H groups in total. The number of carbonyl (C=O) groups excluding carboxylic acids is 1. The Hall–Kier alpha value is -2.95. The number of nitrogens with zero attached hydrogens (tertiary/aromatic N) is 2. The Morgan fingerprint density at radius 2 is 1.96 bits per heavy atom. The van der Waals surface area contributed by atoms with Crippen molar-refractivity contribution in [2.75, 3.05) is 5.32 Å². The molecule has 3 aromatic rings. The van der Waals surface area contributed by atoms with Crippen molar-refractivity contribution in [2.24, 2.45) is 5.92 Å². The average molecular weight is 332 g/mol. The molecule has 0 spiro atoms. The minimum atomic E-state index is -0.210. The summed E-state index contributed by atoms with van der Waals surface area (Å²) in [6, 6.07) is 15.3. The third kappa shape index (κ3) is 3.45. The zero-order valence-corrected chi connectivity index (χ0v) is 14.1. The van der Waals surface area contributed by atoms with Crippen molar-refractivity contribution in [3.63, 3.8) is 0 Å². The van der Waals surface area contributed by atoms with E-state index in [1.54, 1.807) is 6.20 Å². The van der Waals surface area contributed by atoms with E-state index in [-0.39, 0.29) is 12.1 Å². The molecule has 1 saturated carbocycles. The fourth-order valence-electron chi connectivity index (χ4n) is 3.13. The first kappa shape index (κ1) is 15.6. The lowest BCUT2D eigenvalue weighted by atomic mass is 10.1. The number of anilines is 1. The highest BCUT2D eigenvalue weighted by molar-refractivity contribution is 6.00. The van der Waals surface area contributed by atoms with Crippen molar-refractivity contribution in [1.82, 2.24) is 15.3 Å². The maximum absolute atomic E-state index is 12.6. The molecule has 2 amide bonds. The lowest BCUT2D eigenvalue weighted by Crippen LogP contribution is -2.34. The van der Waals surface area contributed by atoms with Crippen LogP contribution in [0.3, 0.4) is 0 Å². The molecular formula is C20H20N4O. The van der Waals surface area contributed by atoms with Gasteiger partial charge in [0.1, 0.15) is 0 Å². The molecule has 2 heterocycles. The molecule has 5 heteroatoms. The van der Waals surface area contributed by atoms with E-state index in [0.717, 1.165) is 40.8 Å². The summed E-state index contributed by atoms with van der Waals surface area (Å²) >= 11 is 0. The zero-order valence-electron chi connectivity index (χ0n) is 14.1. The number of pyridine rings is 2. The topological polar surface area (TPSA) is 66.9 Å². The first-order valence-corrected chi connectivity index (χ1v) is 8.55. The van der Waals surface area contributed by atoms with E-state index in [1.165, 1.54) is 0 Å². The number of aryl methyl sites for hydroxylation is 1. The molecular weight excluding hydrogens is 312 g/mol. The molecule has 1 aromatic carbocycles. The summed E-state index contributed by atoms with van der Waals surface area (Å²) in [6.07, 6.45) is 4.02. The number of urea groups is 1. The van der Waals surface area contributed by atoms with Gasteiger partial charge in [0.05, 0.1) is 22.9 Å². The molecule has 0 aliphatic heterocycles. The van der Waals surface area contributed by atoms with Crippen molar-refractivity contribution < 1.29 is 4.79 Å². The molecule has 1 aliphatic carbocycles. The number of amides is 2. The summed E-state index contributed by atoms with van der Waals surface area (Å²) in [5.41, 5.74) is 3.44. The van der Waals surface area contributed by atoms with Gasteiger partial charge in [-0.2, -0.15) is 0 Å². The van der Waals surface area contributed by atoms with E-state index in [4.69, 9.17) is 0 Å². The van der Waals surface area contributed by atoms with E-state index < -0.39 is 0 Å². The van der Waals surface area contributed by atoms with Crippen LogP contribution in [0.5, 0.6) is 0 Å². The molecule has 0 radical (unpaired) electrons. The molecule has 1 atom stereocenters. The van der Waals surface area contributed by atoms with Crippen LogP contribution in [0.1, 0.15) is 30.3 Å². The second-order valence-electron chi connectivity index (χ2n) is 6.50. The van der Waals surface area contributed by atoms with E-state index in [9.17, 15) is 4.79 Å². The number of rotatable bonds is 4. The summed E-state index contributed by atoms with van der Waals surface area (Å²) in [6.45, 7) is 1.93. The Morgan fingerprint density at radius 3 is 2.72 bits per heavy atom. The van der Waals surface area contributed by atoms with Crippen molar-refractivity contribution in [2.45, 2.75) is 25.8 Å². The predicted molar refractivity (Wildman–Crippen MR) is 98.3 cm³/mol. The lowest BCUT2D eigenvalue weighted by molar-refractivity contribution is 0.247. The van der Waals surface area contributed by atoms with Crippen LogP contribution in [0.15, 0.2) is 54.7 Å². The SMILES string of the molecule is Cc1cc(NC(=O)NC(c2ccccn2)C2CC2)c2ccccc2n1. The number of fused-ring (bicyclic) bond motifs is 1. The minimum Gasteiger partial charge on any atom is -0.329 e. The third-order valence-electron chi connectivity index (χ3n) is 4.48. The smallest absolute Gasteiger partial charge is 0.319 e. The first-order valence-electron chi connectivity index (χ1n) is 8.55. The number of nitrogens with one attached hydrogen (secondary N) is 2. The summed E-state index contributed by atoms with van der Waals surface area (Å²) in [7, 11) is 0. The van der Waals surface area contributed by atoms with Gasteiger partial charge in [-0.25, -0.2) is 4.79 Å². The second kappa shape index (κ2) is 6.51. The minimum absolute atomic E-state index is 0.0459. The van der Waals surface area contributed by atoms with Crippen LogP contribution >= 0.6 is 0 Å². The van der Waals surface area contributed by atoms with Gasteiger partial charge in [-0.3, -0.25) is 9.97 Å². The number of hydrogen-bond acceptors (Lipinski definition) is 3. The summed E-state index contributed by atoms with van der Waals surface area (Å²) in [5.74, 6) is 0.469. The molecule has 5 nitrogen and oxygen atoms in total. The molecule has 2 aromatic heterocycles. The van der Waals surface area contributed by atoms with E-state index in [1.807, 2.05) is 55.5 Å². The zero-order chi connectivity index (χ0) is 17.2. The van der Waals surface area contributed by atoms with Gasteiger partial charge in [-0.05, 0) is 49.9 Å². The summed E-state index contributed by atoms with van der Waals surface area (Å²) in [5, 5.41) is 7.02. The maximum Gasteiger partial charge on any atom is 0.319 e. The van der Waals surface area contributed by atoms with Crippen molar-refractivity contribution in [3.8, 4) is 0 Å². The van der Waals surface area contributed by atoms with Gasteiger partial charge in [0.15, 0.2) is 0 Å². The van der Waals surface area contributed by atoms with Crippen LogP contribution in [0, 0.1) is 12.8 Å². The molecule has 1 aliphatic rings. The first-order chi connectivity index (χ1) is 12.2. The molecule has 1 fully saturated rings. The van der Waals surface area contributed by atoms with Crippen molar-refractivity contribution in [1.29, 1.82) is 0 Å². The van der Waals surface area contributed by atoms with Crippen LogP contribution in [0.25, 0.3) is 10.9 Å². The second-order valence-corrected chi connectivity index (χ2v) is 6.50. The van der Waals surface area contributed by atoms with Gasteiger partial charge in [0.25, 0.3) is 0 Å². The highest BCUT2D eigenvalue weighted by atomic mass is 16.2. The molecule has 25 heavy (non-hydrogen) atoms. The number of hydrogen-bond donors (Lipinski definition) is 2. The fraction of sp³-hybridized carbons (Fsp3) is 0.250. The summed E-state index contributed by atoms with van der Waals surface area (Å²) < 4.78 is 0. The van der Waals surface area contributed by atoms with Gasteiger partial charge in [-0.15, -0.1) is 0 Å². The Kier molecular flexibility index (Phi) is 4.06. The maximum atomic E-state index is 12.6. The van der Waals surface area contributed by atoms with Crippen LogP contribution < -0.4 is 10.6 Å². The summed E-state index contributed by atoms with van der Waals surface area (Å²) in [4.78, 5) is 21.5. The molecule has 126 valence electrons. The van der Waals surface area contributed by atoms with E-state index in [0.29, 0.717) is 5.92 Å². The largest absolute Gasteiger partial charge is 0.329 e. The lowest BCUT2D eigenvalue weighted by Gasteiger charge is -2.19. The van der Waals surface area contributed by atoms with E-state index >= 15 is 0 Å². The highest BCUT2D eigenvalue weighted by Crippen LogP contribution is 2.40. The van der Waals surface area contributed by atoms with Gasteiger partial charge >= 0.3 is 6.03 Å². The van der Waals surface area contributed by atoms with Crippen LogP contribution in [0.2, 0.25) is 0 Å². The number of aromatic nitrogens is 2. The fourth-order valence-corrected chi connectivity index (χ4v) is 3.13. The molecule has 0 saturated heterocycles. The standard InChI is InChI=1S/C20H20N4O/c1-13-12-18(15-6-2-3-7-16(15)22-13)23-20(25)24-19(14-9-10-14)17-8-4-5-11-21-17/h2-8,11-12,14,19H,9-10H2,1H3,(H2,22,23,24,25). The van der Waals surface area contributed by atoms with Gasteiger partial charge < -0.3 is 10.6 Å². The van der Waals surface area contributed by atoms with Crippen molar-refractivity contribution >= 4 is 22.6 Å².